The molecule has 1 rings (SSSR count). The van der Waals surface area contributed by atoms with E-state index >= 15 is 0 Å². The van der Waals surface area contributed by atoms with Crippen molar-refractivity contribution in [2.75, 3.05) is 26.9 Å². The maximum Gasteiger partial charge on any atom is 0.297 e. The van der Waals surface area contributed by atoms with Crippen LogP contribution < -0.4 is 0 Å². The molecule has 0 aromatic rings. The fourth-order valence-corrected chi connectivity index (χ4v) is 1.62. The summed E-state index contributed by atoms with van der Waals surface area (Å²) >= 11 is 0. The van der Waals surface area contributed by atoms with Crippen LogP contribution in [0.25, 0.3) is 0 Å². The van der Waals surface area contributed by atoms with Gasteiger partial charge in [0.1, 0.15) is 0 Å². The van der Waals surface area contributed by atoms with E-state index in [1.54, 1.807) is 0 Å². The third-order valence-electron chi connectivity index (χ3n) is 2.35. The lowest BCUT2D eigenvalue weighted by Crippen LogP contribution is -2.49. The molecule has 0 aliphatic carbocycles. The first-order valence-corrected chi connectivity index (χ1v) is 4.16. The Morgan fingerprint density at radius 1 is 1.36 bits per heavy atom. The van der Waals surface area contributed by atoms with E-state index in [2.05, 4.69) is 7.05 Å². The monoisotopic (exact) mass is 158 g/mol. The number of quaternary nitrogens is 1. The van der Waals surface area contributed by atoms with Crippen molar-refractivity contribution < 1.29 is 14.0 Å². The lowest BCUT2D eigenvalue weighted by molar-refractivity contribution is -0.929. The fraction of sp³-hybridized carbons (Fsp3) is 0.875. The van der Waals surface area contributed by atoms with Crippen LogP contribution in [0.4, 0.5) is 0 Å². The van der Waals surface area contributed by atoms with Gasteiger partial charge in [0, 0.05) is 0 Å². The van der Waals surface area contributed by atoms with Gasteiger partial charge in [0.05, 0.1) is 20.1 Å². The third-order valence-corrected chi connectivity index (χ3v) is 2.35. The molecule has 0 aromatic carbocycles. The number of rotatable bonds is 3. The van der Waals surface area contributed by atoms with Crippen molar-refractivity contribution in [3.05, 3.63) is 0 Å². The quantitative estimate of drug-likeness (QED) is 0.447. The van der Waals surface area contributed by atoms with E-state index in [9.17, 15) is 4.79 Å². The maximum atomic E-state index is 9.96. The molecule has 1 heterocycles. The molecule has 0 amide bonds. The standard InChI is InChI=1S/C8H16NO2/c1-9(7-11-8-10)5-3-2-4-6-9/h8H,2-7H2,1H3/q+1. The lowest BCUT2D eigenvalue weighted by Gasteiger charge is -2.36. The van der Waals surface area contributed by atoms with Gasteiger partial charge in [-0.3, -0.25) is 9.28 Å². The Hall–Kier alpha value is -0.570. The van der Waals surface area contributed by atoms with Crippen molar-refractivity contribution in [3.8, 4) is 0 Å². The second-order valence-corrected chi connectivity index (χ2v) is 3.52. The molecule has 0 bridgehead atoms. The van der Waals surface area contributed by atoms with Crippen molar-refractivity contribution in [2.24, 2.45) is 0 Å². The van der Waals surface area contributed by atoms with Gasteiger partial charge in [-0.2, -0.15) is 0 Å². The summed E-state index contributed by atoms with van der Waals surface area (Å²) in [6.07, 6.45) is 3.85. The van der Waals surface area contributed by atoms with Crippen molar-refractivity contribution in [3.63, 3.8) is 0 Å². The van der Waals surface area contributed by atoms with E-state index in [0.29, 0.717) is 13.2 Å². The SMILES string of the molecule is C[N+]1(COC=O)CCCCC1. The lowest BCUT2D eigenvalue weighted by atomic mass is 10.1. The number of carbonyl (C=O) groups excluding carboxylic acids is 1. The van der Waals surface area contributed by atoms with E-state index in [4.69, 9.17) is 4.74 Å². The Morgan fingerprint density at radius 3 is 2.55 bits per heavy atom. The first kappa shape index (κ1) is 8.53. The highest BCUT2D eigenvalue weighted by atomic mass is 16.5. The number of hydrogen-bond donors (Lipinski definition) is 0. The molecule has 0 N–H and O–H groups in total. The molecule has 0 aromatic heterocycles. The minimum absolute atomic E-state index is 0.540. The molecule has 3 nitrogen and oxygen atoms in total. The molecule has 1 fully saturated rings. The summed E-state index contributed by atoms with van der Waals surface area (Å²) < 4.78 is 5.67. The highest BCUT2D eigenvalue weighted by Gasteiger charge is 2.24. The molecule has 3 heteroatoms. The third kappa shape index (κ3) is 2.50. The number of carbonyl (C=O) groups is 1. The molecule has 0 saturated carbocycles. The molecule has 1 aliphatic rings. The van der Waals surface area contributed by atoms with Gasteiger partial charge in [0.15, 0.2) is 0 Å². The average molecular weight is 158 g/mol. The zero-order valence-electron chi connectivity index (χ0n) is 7.08. The minimum atomic E-state index is 0.540. The van der Waals surface area contributed by atoms with Gasteiger partial charge < -0.3 is 4.74 Å². The van der Waals surface area contributed by atoms with E-state index in [1.165, 1.54) is 19.3 Å². The Morgan fingerprint density at radius 2 is 2.00 bits per heavy atom. The molecule has 0 spiro atoms. The van der Waals surface area contributed by atoms with Crippen molar-refractivity contribution in [1.29, 1.82) is 0 Å². The number of likely N-dealkylation sites (tertiary alicyclic amines) is 1. The summed E-state index contributed by atoms with van der Waals surface area (Å²) in [5.74, 6) is 0. The van der Waals surface area contributed by atoms with Crippen molar-refractivity contribution in [1.82, 2.24) is 0 Å². The number of hydrogen-bond acceptors (Lipinski definition) is 2. The van der Waals surface area contributed by atoms with Gasteiger partial charge in [-0.05, 0) is 19.3 Å². The largest absolute Gasteiger partial charge is 0.417 e. The summed E-state index contributed by atoms with van der Waals surface area (Å²) in [6.45, 7) is 3.38. The van der Waals surface area contributed by atoms with Crippen molar-refractivity contribution >= 4 is 6.47 Å². The number of piperidine rings is 1. The predicted octanol–water partition coefficient (Wildman–Crippen LogP) is 0.747. The summed E-state index contributed by atoms with van der Waals surface area (Å²) in [6, 6.07) is 0. The predicted molar refractivity (Wildman–Crippen MR) is 41.8 cm³/mol. The summed E-state index contributed by atoms with van der Waals surface area (Å²) in [5.41, 5.74) is 0. The van der Waals surface area contributed by atoms with Crippen LogP contribution in [-0.4, -0.2) is 37.8 Å². The molecule has 0 atom stereocenters. The average Bonchev–Trinajstić information content (AvgIpc) is 2.03. The molecular weight excluding hydrogens is 142 g/mol. The second-order valence-electron chi connectivity index (χ2n) is 3.52. The van der Waals surface area contributed by atoms with Gasteiger partial charge >= 0.3 is 0 Å². The van der Waals surface area contributed by atoms with Gasteiger partial charge in [0.25, 0.3) is 6.47 Å². The van der Waals surface area contributed by atoms with E-state index in [1.807, 2.05) is 0 Å². The zero-order chi connectivity index (χ0) is 8.16. The molecule has 1 aliphatic heterocycles. The van der Waals surface area contributed by atoms with Crippen LogP contribution in [-0.2, 0) is 9.53 Å². The summed E-state index contributed by atoms with van der Waals surface area (Å²) in [4.78, 5) is 9.96. The summed E-state index contributed by atoms with van der Waals surface area (Å²) in [5, 5.41) is 0. The van der Waals surface area contributed by atoms with Crippen LogP contribution in [0.2, 0.25) is 0 Å². The highest BCUT2D eigenvalue weighted by Crippen LogP contribution is 2.15. The first-order chi connectivity index (χ1) is 5.27. The molecular formula is C8H16NO2+. The molecule has 0 radical (unpaired) electrons. The zero-order valence-corrected chi connectivity index (χ0v) is 7.08. The Balaban J connectivity index is 2.30. The van der Waals surface area contributed by atoms with Crippen LogP contribution in [0.15, 0.2) is 0 Å². The Bertz CT molecular complexity index is 130. The smallest absolute Gasteiger partial charge is 0.297 e. The van der Waals surface area contributed by atoms with Gasteiger partial charge in [0.2, 0.25) is 6.73 Å². The molecule has 64 valence electrons. The topological polar surface area (TPSA) is 26.3 Å². The first-order valence-electron chi connectivity index (χ1n) is 4.16. The Labute approximate surface area is 67.5 Å². The van der Waals surface area contributed by atoms with Crippen LogP contribution in [0.5, 0.6) is 0 Å². The number of nitrogens with zero attached hydrogens (tertiary/aromatic N) is 1. The minimum Gasteiger partial charge on any atom is -0.417 e. The van der Waals surface area contributed by atoms with E-state index in [-0.39, 0.29) is 0 Å². The molecule has 11 heavy (non-hydrogen) atoms. The maximum absolute atomic E-state index is 9.96. The van der Waals surface area contributed by atoms with Crippen molar-refractivity contribution in [2.45, 2.75) is 19.3 Å². The molecule has 1 saturated heterocycles. The molecule has 0 unspecified atom stereocenters. The van der Waals surface area contributed by atoms with E-state index in [0.717, 1.165) is 17.6 Å². The number of ether oxygens (including phenoxy) is 1. The second kappa shape index (κ2) is 3.72. The van der Waals surface area contributed by atoms with Gasteiger partial charge in [-0.15, -0.1) is 0 Å². The summed E-state index contributed by atoms with van der Waals surface area (Å²) in [7, 11) is 2.14. The highest BCUT2D eigenvalue weighted by molar-refractivity contribution is 5.36. The fourth-order valence-electron chi connectivity index (χ4n) is 1.62. The Kier molecular flexibility index (Phi) is 2.88. The normalized spacial score (nSPS) is 22.6. The van der Waals surface area contributed by atoms with Gasteiger partial charge in [-0.25, -0.2) is 0 Å². The van der Waals surface area contributed by atoms with Crippen LogP contribution in [0, 0.1) is 0 Å². The van der Waals surface area contributed by atoms with E-state index < -0.39 is 0 Å². The van der Waals surface area contributed by atoms with Gasteiger partial charge in [-0.1, -0.05) is 0 Å². The van der Waals surface area contributed by atoms with Crippen LogP contribution in [0.1, 0.15) is 19.3 Å². The van der Waals surface area contributed by atoms with Crippen LogP contribution in [0.3, 0.4) is 0 Å². The van der Waals surface area contributed by atoms with Crippen LogP contribution >= 0.6 is 0 Å².